The van der Waals surface area contributed by atoms with Gasteiger partial charge in [0.25, 0.3) is 0 Å². The number of carbonyl (C=O) groups excluding carboxylic acids is 1. The fraction of sp³-hybridized carbons (Fsp3) is 0.750. The highest BCUT2D eigenvalue weighted by Crippen LogP contribution is 2.24. The highest BCUT2D eigenvalue weighted by molar-refractivity contribution is 7.43. The van der Waals surface area contributed by atoms with Gasteiger partial charge in [0.05, 0.1) is 26.8 Å². The zero-order chi connectivity index (χ0) is 24.2. The first-order chi connectivity index (χ1) is 15.9. The molecule has 0 fully saturated rings. The van der Waals surface area contributed by atoms with E-state index in [0.29, 0.717) is 12.8 Å². The minimum Gasteiger partial charge on any atom is -0.790 e. The number of allylic oxidation sites excluding steroid dienone is 2. The van der Waals surface area contributed by atoms with E-state index in [2.05, 4.69) is 38.9 Å². The molecule has 1 rings (SSSR count). The van der Waals surface area contributed by atoms with Gasteiger partial charge >= 0.3 is 0 Å². The van der Waals surface area contributed by atoms with Crippen LogP contribution in [-0.4, -0.2) is 28.5 Å². The molecular formula is C24H42N3O5P-2. The average molecular weight is 484 g/mol. The minimum atomic E-state index is -5.09. The van der Waals surface area contributed by atoms with Crippen LogP contribution < -0.4 is 15.1 Å². The normalized spacial score (nSPS) is 12.9. The Hall–Kier alpha value is -1.47. The summed E-state index contributed by atoms with van der Waals surface area (Å²) in [5, 5.41) is 2.76. The lowest BCUT2D eigenvalue weighted by molar-refractivity contribution is -0.342. The van der Waals surface area contributed by atoms with Gasteiger partial charge in [0.1, 0.15) is 0 Å². The van der Waals surface area contributed by atoms with Gasteiger partial charge in [-0.25, -0.2) is 4.98 Å². The lowest BCUT2D eigenvalue weighted by atomic mass is 10.1. The molecule has 0 unspecified atom stereocenters. The number of unbranched alkanes of at least 4 members (excludes halogenated alkanes) is 11. The molecule has 0 radical (unpaired) electrons. The van der Waals surface area contributed by atoms with Crippen LogP contribution in [0.25, 0.3) is 0 Å². The predicted octanol–water partition coefficient (Wildman–Crippen LogP) is 4.32. The Kier molecular flexibility index (Phi) is 16.9. The van der Waals surface area contributed by atoms with Crippen LogP contribution in [0.4, 0.5) is 0 Å². The third kappa shape index (κ3) is 18.6. The Bertz CT molecular complexity index is 676. The van der Waals surface area contributed by atoms with Gasteiger partial charge in [0.15, 0.2) is 0 Å². The summed E-state index contributed by atoms with van der Waals surface area (Å²) in [5.74, 6) is -0.174. The second kappa shape index (κ2) is 18.9. The standard InChI is InChI=1S/C24H44N3O5P/c1-2-3-4-5-6-7-8-9-10-11-12-13-14-15-16-17-24(28)27-23(20-32-33(29,30)31)18-22-19-25-21-26-22/h9-10,19,21,23H,2-8,11-18,20H2,1H3,(H,25,26)(H,27,28)(H2,29,30,31)/p-2/b10-9-/t23-/m1/s1. The molecule has 33 heavy (non-hydrogen) atoms. The van der Waals surface area contributed by atoms with Crippen LogP contribution in [0.1, 0.15) is 103 Å². The topological polar surface area (TPSA) is 130 Å². The van der Waals surface area contributed by atoms with Crippen LogP contribution in [-0.2, 0) is 20.3 Å². The molecule has 0 aliphatic rings. The third-order valence-corrected chi connectivity index (χ3v) is 5.95. The van der Waals surface area contributed by atoms with E-state index in [1.807, 2.05) is 0 Å². The number of amides is 1. The molecular weight excluding hydrogens is 441 g/mol. The van der Waals surface area contributed by atoms with Gasteiger partial charge in [-0.15, -0.1) is 0 Å². The van der Waals surface area contributed by atoms with Crippen LogP contribution in [0.3, 0.4) is 0 Å². The maximum atomic E-state index is 12.2. The summed E-state index contributed by atoms with van der Waals surface area (Å²) in [4.78, 5) is 40.5. The second-order valence-electron chi connectivity index (χ2n) is 8.62. The van der Waals surface area contributed by atoms with Gasteiger partial charge in [-0.1, -0.05) is 70.4 Å². The number of imidazole rings is 1. The molecule has 0 saturated carbocycles. The number of rotatable bonds is 21. The van der Waals surface area contributed by atoms with Crippen molar-refractivity contribution >= 4 is 13.7 Å². The highest BCUT2D eigenvalue weighted by Gasteiger charge is 2.15. The molecule has 0 aliphatic heterocycles. The minimum absolute atomic E-state index is 0.174. The van der Waals surface area contributed by atoms with Crippen molar-refractivity contribution in [2.24, 2.45) is 0 Å². The van der Waals surface area contributed by atoms with Gasteiger partial charge < -0.3 is 29.2 Å². The molecule has 1 amide bonds. The van der Waals surface area contributed by atoms with E-state index in [0.717, 1.165) is 37.8 Å². The van der Waals surface area contributed by atoms with E-state index in [1.165, 1.54) is 57.7 Å². The van der Waals surface area contributed by atoms with E-state index >= 15 is 0 Å². The number of aromatic nitrogens is 2. The number of phosphoric acid groups is 1. The number of carbonyl (C=O) groups is 1. The van der Waals surface area contributed by atoms with E-state index in [4.69, 9.17) is 0 Å². The zero-order valence-corrected chi connectivity index (χ0v) is 21.0. The lowest BCUT2D eigenvalue weighted by Crippen LogP contribution is -2.40. The fourth-order valence-electron chi connectivity index (χ4n) is 3.65. The predicted molar refractivity (Wildman–Crippen MR) is 127 cm³/mol. The molecule has 0 aromatic carbocycles. The van der Waals surface area contributed by atoms with Crippen molar-refractivity contribution in [2.45, 2.75) is 109 Å². The van der Waals surface area contributed by atoms with Crippen molar-refractivity contribution in [3.05, 3.63) is 30.4 Å². The summed E-state index contributed by atoms with van der Waals surface area (Å²) in [5.41, 5.74) is 0.719. The van der Waals surface area contributed by atoms with Crippen LogP contribution in [0.15, 0.2) is 24.7 Å². The summed E-state index contributed by atoms with van der Waals surface area (Å²) in [6, 6.07) is -0.614. The number of nitrogens with zero attached hydrogens (tertiary/aromatic N) is 1. The van der Waals surface area contributed by atoms with Crippen LogP contribution >= 0.6 is 7.82 Å². The number of nitrogens with one attached hydrogen (secondary N) is 2. The number of phosphoric ester groups is 1. The summed E-state index contributed by atoms with van der Waals surface area (Å²) >= 11 is 0. The third-order valence-electron chi connectivity index (χ3n) is 5.49. The van der Waals surface area contributed by atoms with Crippen LogP contribution in [0.5, 0.6) is 0 Å². The molecule has 0 aliphatic carbocycles. The summed E-state index contributed by atoms with van der Waals surface area (Å²) in [6.45, 7) is 1.86. The first-order valence-electron chi connectivity index (χ1n) is 12.5. The lowest BCUT2D eigenvalue weighted by Gasteiger charge is -2.31. The largest absolute Gasteiger partial charge is 0.790 e. The van der Waals surface area contributed by atoms with E-state index in [1.54, 1.807) is 6.20 Å². The number of hydrogen-bond donors (Lipinski definition) is 2. The molecule has 8 nitrogen and oxygen atoms in total. The van der Waals surface area contributed by atoms with Crippen LogP contribution in [0, 0.1) is 0 Å². The second-order valence-corrected chi connectivity index (χ2v) is 9.78. The SMILES string of the molecule is CCCCCCCC/C=C\CCCCCCCC(=O)N[C@@H](COP(=O)([O-])[O-])Cc1cnc[nH]1. The summed E-state index contributed by atoms with van der Waals surface area (Å²) in [6.07, 6.45) is 23.9. The Labute approximate surface area is 199 Å². The number of aromatic amines is 1. The van der Waals surface area contributed by atoms with Crippen molar-refractivity contribution in [1.29, 1.82) is 0 Å². The van der Waals surface area contributed by atoms with Crippen molar-refractivity contribution in [3.63, 3.8) is 0 Å². The summed E-state index contributed by atoms with van der Waals surface area (Å²) in [7, 11) is -5.09. The molecule has 1 atom stereocenters. The molecule has 0 spiro atoms. The fourth-order valence-corrected chi connectivity index (χ4v) is 4.01. The first-order valence-corrected chi connectivity index (χ1v) is 13.9. The molecule has 1 aromatic heterocycles. The molecule has 1 aromatic rings. The zero-order valence-electron chi connectivity index (χ0n) is 20.1. The first kappa shape index (κ1) is 29.6. The van der Waals surface area contributed by atoms with Crippen molar-refractivity contribution in [2.75, 3.05) is 6.61 Å². The Morgan fingerprint density at radius 3 is 2.24 bits per heavy atom. The number of hydrogen-bond acceptors (Lipinski definition) is 6. The summed E-state index contributed by atoms with van der Waals surface area (Å²) < 4.78 is 15.1. The maximum Gasteiger partial charge on any atom is 0.220 e. The molecule has 9 heteroatoms. The quantitative estimate of drug-likeness (QED) is 0.152. The highest BCUT2D eigenvalue weighted by atomic mass is 31.2. The van der Waals surface area contributed by atoms with Gasteiger partial charge in [-0.3, -0.25) is 4.79 Å². The Morgan fingerprint density at radius 1 is 1.06 bits per heavy atom. The molecule has 190 valence electrons. The molecule has 0 bridgehead atoms. The van der Waals surface area contributed by atoms with Gasteiger partial charge in [-0.2, -0.15) is 0 Å². The molecule has 0 saturated heterocycles. The van der Waals surface area contributed by atoms with E-state index in [-0.39, 0.29) is 12.5 Å². The van der Waals surface area contributed by atoms with Crippen molar-refractivity contribution in [3.8, 4) is 0 Å². The van der Waals surface area contributed by atoms with Crippen LogP contribution in [0.2, 0.25) is 0 Å². The average Bonchev–Trinajstić information content (AvgIpc) is 3.27. The number of H-pyrrole nitrogens is 1. The Morgan fingerprint density at radius 2 is 1.67 bits per heavy atom. The Balaban J connectivity index is 2.06. The maximum absolute atomic E-state index is 12.2. The smallest absolute Gasteiger partial charge is 0.220 e. The van der Waals surface area contributed by atoms with Crippen molar-refractivity contribution in [1.82, 2.24) is 15.3 Å². The van der Waals surface area contributed by atoms with E-state index < -0.39 is 13.9 Å². The molecule has 1 heterocycles. The van der Waals surface area contributed by atoms with Gasteiger partial charge in [-0.05, 0) is 32.1 Å². The monoisotopic (exact) mass is 483 g/mol. The van der Waals surface area contributed by atoms with E-state index in [9.17, 15) is 19.1 Å². The van der Waals surface area contributed by atoms with Gasteiger partial charge in [0.2, 0.25) is 5.91 Å². The van der Waals surface area contributed by atoms with Gasteiger partial charge in [0, 0.05) is 24.7 Å². The molecule has 2 N–H and O–H groups in total. The van der Waals surface area contributed by atoms with Crippen molar-refractivity contribution < 1.29 is 23.7 Å².